The molecule has 4 saturated carbocycles. The van der Waals surface area contributed by atoms with Crippen molar-refractivity contribution < 1.29 is 19.4 Å². The van der Waals surface area contributed by atoms with Gasteiger partial charge < -0.3 is 19.5 Å². The highest BCUT2D eigenvalue weighted by Crippen LogP contribution is 2.78. The lowest BCUT2D eigenvalue weighted by molar-refractivity contribution is -0.309. The van der Waals surface area contributed by atoms with Crippen molar-refractivity contribution in [2.45, 2.75) is 82.0 Å². The van der Waals surface area contributed by atoms with Crippen LogP contribution in [0.15, 0.2) is 12.1 Å². The molecule has 1 N–H and O–H groups in total. The number of aliphatic hydroxyl groups excluding tert-OH is 1. The van der Waals surface area contributed by atoms with Gasteiger partial charge in [0.15, 0.2) is 0 Å². The Balaban J connectivity index is 1.51. The van der Waals surface area contributed by atoms with Gasteiger partial charge in [-0.2, -0.15) is 0 Å². The topological polar surface area (TPSA) is 59.0 Å². The van der Waals surface area contributed by atoms with Crippen LogP contribution in [0.3, 0.4) is 0 Å². The maximum absolute atomic E-state index is 13.4. The highest BCUT2D eigenvalue weighted by atomic mass is 16.6. The molecule has 0 radical (unpaired) electrons. The molecule has 2 aliphatic heterocycles. The zero-order valence-corrected chi connectivity index (χ0v) is 18.9. The SMILES string of the molecule is CO[C@]12CCC3(C[C@]1(C)CO)[C@H]1Cc4ccc(C)c5c4[C@@]3(CCN1C(=O)C1CC1)[C@H]2O5. The van der Waals surface area contributed by atoms with Crippen molar-refractivity contribution in [1.82, 2.24) is 4.90 Å². The highest BCUT2D eigenvalue weighted by Gasteiger charge is 2.83. The molecular formula is C26H33NO4. The minimum absolute atomic E-state index is 0.0513. The molecule has 8 rings (SSSR count). The predicted octanol–water partition coefficient (Wildman–Crippen LogP) is 3.13. The molecule has 2 heterocycles. The summed E-state index contributed by atoms with van der Waals surface area (Å²) in [5, 5.41) is 10.7. The number of ether oxygens (including phenoxy) is 2. The summed E-state index contributed by atoms with van der Waals surface area (Å²) in [5.74, 6) is 1.68. The number of nitrogens with zero attached hydrogens (tertiary/aromatic N) is 1. The number of carbonyl (C=O) groups is 1. The summed E-state index contributed by atoms with van der Waals surface area (Å²) in [6.07, 6.45) is 6.69. The van der Waals surface area contributed by atoms with E-state index in [1.807, 2.05) is 7.11 Å². The van der Waals surface area contributed by atoms with Gasteiger partial charge in [-0.05, 0) is 63.0 Å². The minimum atomic E-state index is -0.503. The third-order valence-corrected chi connectivity index (χ3v) is 10.6. The zero-order chi connectivity index (χ0) is 21.4. The average molecular weight is 424 g/mol. The number of aryl methyl sites for hydroxylation is 1. The molecule has 5 nitrogen and oxygen atoms in total. The van der Waals surface area contributed by atoms with Crippen molar-refractivity contribution in [1.29, 1.82) is 0 Å². The molecular weight excluding hydrogens is 390 g/mol. The predicted molar refractivity (Wildman–Crippen MR) is 115 cm³/mol. The number of hydrogen-bond acceptors (Lipinski definition) is 4. The van der Waals surface area contributed by atoms with Gasteiger partial charge in [0.05, 0.1) is 6.61 Å². The Morgan fingerprint density at radius 2 is 2.10 bits per heavy atom. The monoisotopic (exact) mass is 423 g/mol. The molecule has 6 atom stereocenters. The van der Waals surface area contributed by atoms with Gasteiger partial charge >= 0.3 is 0 Å². The van der Waals surface area contributed by atoms with E-state index in [2.05, 4.69) is 30.9 Å². The quantitative estimate of drug-likeness (QED) is 0.812. The second-order valence-corrected chi connectivity index (χ2v) is 11.6. The first kappa shape index (κ1) is 18.9. The molecule has 4 bridgehead atoms. The first-order valence-corrected chi connectivity index (χ1v) is 12.1. The van der Waals surface area contributed by atoms with Gasteiger partial charge in [0.2, 0.25) is 5.91 Å². The fraction of sp³-hybridized carbons (Fsp3) is 0.731. The van der Waals surface area contributed by atoms with Gasteiger partial charge in [-0.3, -0.25) is 4.79 Å². The standard InChI is InChI=1S/C26H33NO4/c1-15-4-5-17-12-18-24-8-9-26(30-3,23(2,13-24)14-28)22-25(24,19(17)20(15)31-22)10-11-27(18)21(29)16-6-7-16/h4-5,16,18,22,28H,6-14H2,1-3H3/t18-,22-,23-,24?,25+,26+/m1/s1. The summed E-state index contributed by atoms with van der Waals surface area (Å²) >= 11 is 0. The lowest BCUT2D eigenvalue weighted by Crippen LogP contribution is -2.83. The van der Waals surface area contributed by atoms with Crippen LogP contribution in [0.4, 0.5) is 0 Å². The van der Waals surface area contributed by atoms with E-state index in [-0.39, 0.29) is 40.9 Å². The Morgan fingerprint density at radius 1 is 1.29 bits per heavy atom. The van der Waals surface area contributed by atoms with Gasteiger partial charge in [0, 0.05) is 47.4 Å². The molecule has 31 heavy (non-hydrogen) atoms. The average Bonchev–Trinajstić information content (AvgIpc) is 3.55. The number of methoxy groups -OCH3 is 1. The fourth-order valence-corrected chi connectivity index (χ4v) is 9.19. The van der Waals surface area contributed by atoms with Crippen molar-refractivity contribution >= 4 is 5.91 Å². The molecule has 1 aromatic rings. The Kier molecular flexibility index (Phi) is 3.35. The molecule has 5 heteroatoms. The van der Waals surface area contributed by atoms with Gasteiger partial charge in [0.1, 0.15) is 17.5 Å². The van der Waals surface area contributed by atoms with E-state index in [9.17, 15) is 9.90 Å². The van der Waals surface area contributed by atoms with Crippen LogP contribution in [0.2, 0.25) is 0 Å². The third kappa shape index (κ3) is 1.78. The Morgan fingerprint density at radius 3 is 2.81 bits per heavy atom. The van der Waals surface area contributed by atoms with E-state index < -0.39 is 5.60 Å². The number of carbonyl (C=O) groups excluding carboxylic acids is 1. The van der Waals surface area contributed by atoms with Crippen LogP contribution in [0.5, 0.6) is 5.75 Å². The van der Waals surface area contributed by atoms with Crippen molar-refractivity contribution in [2.24, 2.45) is 16.7 Å². The first-order chi connectivity index (χ1) is 14.9. The molecule has 1 aromatic carbocycles. The maximum atomic E-state index is 13.4. The van der Waals surface area contributed by atoms with Crippen LogP contribution in [0, 0.1) is 23.7 Å². The Labute approximate surface area is 184 Å². The molecule has 1 amide bonds. The van der Waals surface area contributed by atoms with Crippen LogP contribution in [-0.4, -0.2) is 53.9 Å². The van der Waals surface area contributed by atoms with Crippen molar-refractivity contribution in [2.75, 3.05) is 20.3 Å². The summed E-state index contributed by atoms with van der Waals surface area (Å²) in [7, 11) is 1.81. The van der Waals surface area contributed by atoms with Gasteiger partial charge in [-0.1, -0.05) is 19.1 Å². The number of fused-ring (bicyclic) bond motifs is 2. The van der Waals surface area contributed by atoms with Crippen LogP contribution < -0.4 is 4.74 Å². The Hall–Kier alpha value is -1.59. The lowest BCUT2D eigenvalue weighted by Gasteiger charge is -2.76. The smallest absolute Gasteiger partial charge is 0.225 e. The van der Waals surface area contributed by atoms with Crippen LogP contribution in [-0.2, 0) is 21.4 Å². The molecule has 5 fully saturated rings. The number of benzene rings is 1. The van der Waals surface area contributed by atoms with E-state index in [1.54, 1.807) is 0 Å². The molecule has 7 aliphatic rings. The molecule has 5 aliphatic carbocycles. The number of amides is 1. The Bertz CT molecular complexity index is 1020. The summed E-state index contributed by atoms with van der Waals surface area (Å²) in [6, 6.07) is 4.68. The number of hydrogen-bond donors (Lipinski definition) is 1. The molecule has 0 aromatic heterocycles. The number of rotatable bonds is 3. The number of piperidine rings is 1. The molecule has 166 valence electrons. The van der Waals surface area contributed by atoms with Crippen molar-refractivity contribution in [3.8, 4) is 5.75 Å². The van der Waals surface area contributed by atoms with E-state index in [1.165, 1.54) is 16.7 Å². The lowest BCUT2D eigenvalue weighted by atomic mass is 9.32. The molecule has 2 spiro atoms. The van der Waals surface area contributed by atoms with Crippen molar-refractivity contribution in [3.63, 3.8) is 0 Å². The second-order valence-electron chi connectivity index (χ2n) is 11.6. The maximum Gasteiger partial charge on any atom is 0.225 e. The van der Waals surface area contributed by atoms with Gasteiger partial charge in [0.25, 0.3) is 0 Å². The van der Waals surface area contributed by atoms with Gasteiger partial charge in [-0.25, -0.2) is 0 Å². The number of likely N-dealkylation sites (tertiary alicyclic amines) is 1. The number of aliphatic hydroxyl groups is 1. The van der Waals surface area contributed by atoms with E-state index in [0.29, 0.717) is 5.91 Å². The van der Waals surface area contributed by atoms with E-state index in [4.69, 9.17) is 9.47 Å². The summed E-state index contributed by atoms with van der Waals surface area (Å²) < 4.78 is 13.4. The highest BCUT2D eigenvalue weighted by molar-refractivity contribution is 5.82. The largest absolute Gasteiger partial charge is 0.486 e. The zero-order valence-electron chi connectivity index (χ0n) is 18.9. The van der Waals surface area contributed by atoms with Crippen LogP contribution >= 0.6 is 0 Å². The molecule has 1 saturated heterocycles. The summed E-state index contributed by atoms with van der Waals surface area (Å²) in [6.45, 7) is 5.26. The van der Waals surface area contributed by atoms with Crippen molar-refractivity contribution in [3.05, 3.63) is 28.8 Å². The second kappa shape index (κ2) is 5.48. The van der Waals surface area contributed by atoms with Crippen LogP contribution in [0.1, 0.15) is 62.1 Å². The third-order valence-electron chi connectivity index (χ3n) is 10.6. The normalized spacial score (nSPS) is 46.0. The minimum Gasteiger partial charge on any atom is -0.486 e. The van der Waals surface area contributed by atoms with E-state index >= 15 is 0 Å². The summed E-state index contributed by atoms with van der Waals surface area (Å²) in [5.41, 5.74) is 2.94. The van der Waals surface area contributed by atoms with Gasteiger partial charge in [-0.15, -0.1) is 0 Å². The van der Waals surface area contributed by atoms with E-state index in [0.717, 1.165) is 57.2 Å². The summed E-state index contributed by atoms with van der Waals surface area (Å²) in [4.78, 5) is 15.7. The fourth-order valence-electron chi connectivity index (χ4n) is 9.19. The molecule has 1 unspecified atom stereocenters. The first-order valence-electron chi connectivity index (χ1n) is 12.1. The van der Waals surface area contributed by atoms with Crippen LogP contribution in [0.25, 0.3) is 0 Å².